The van der Waals surface area contributed by atoms with Crippen LogP contribution >= 0.6 is 0 Å². The Bertz CT molecular complexity index is 327. The van der Waals surface area contributed by atoms with E-state index in [2.05, 4.69) is 5.16 Å². The van der Waals surface area contributed by atoms with E-state index in [1.165, 1.54) is 0 Å². The average molecular weight is 273 g/mol. The van der Waals surface area contributed by atoms with Crippen molar-refractivity contribution in [1.29, 1.82) is 0 Å². The van der Waals surface area contributed by atoms with Crippen LogP contribution in [0.3, 0.4) is 0 Å². The van der Waals surface area contributed by atoms with E-state index in [-0.39, 0.29) is 11.7 Å². The van der Waals surface area contributed by atoms with Crippen LogP contribution in [-0.2, 0) is 14.3 Å². The third-order valence-corrected chi connectivity index (χ3v) is 3.59. The van der Waals surface area contributed by atoms with Crippen molar-refractivity contribution < 1.29 is 19.5 Å². The monoisotopic (exact) mass is 273 g/mol. The molecule has 19 heavy (non-hydrogen) atoms. The molecule has 0 aromatic carbocycles. The van der Waals surface area contributed by atoms with Crippen LogP contribution in [0.25, 0.3) is 0 Å². The van der Waals surface area contributed by atoms with Crippen LogP contribution in [0.4, 0.5) is 0 Å². The van der Waals surface area contributed by atoms with Crippen LogP contribution in [-0.4, -0.2) is 61.9 Å². The minimum Gasteiger partial charge on any atom is -0.409 e. The first-order chi connectivity index (χ1) is 9.12. The molecular formula is C12H23N3O4. The summed E-state index contributed by atoms with van der Waals surface area (Å²) < 4.78 is 10.3. The summed E-state index contributed by atoms with van der Waals surface area (Å²) in [6, 6.07) is 0. The molecule has 110 valence electrons. The SMILES string of the molecule is CCN(CCOC)C(=O)C1(C(N)=NO)CCOCC1. The summed E-state index contributed by atoms with van der Waals surface area (Å²) in [7, 11) is 1.59. The van der Waals surface area contributed by atoms with Gasteiger partial charge in [0.05, 0.1) is 6.61 Å². The normalized spacial score (nSPS) is 19.2. The number of likely N-dealkylation sites (N-methyl/N-ethyl adjacent to an activating group) is 1. The molecule has 0 radical (unpaired) electrons. The van der Waals surface area contributed by atoms with E-state index in [4.69, 9.17) is 20.4 Å². The van der Waals surface area contributed by atoms with Gasteiger partial charge < -0.3 is 25.3 Å². The van der Waals surface area contributed by atoms with Gasteiger partial charge >= 0.3 is 0 Å². The van der Waals surface area contributed by atoms with Crippen LogP contribution < -0.4 is 5.73 Å². The van der Waals surface area contributed by atoms with Crippen molar-refractivity contribution in [1.82, 2.24) is 4.90 Å². The summed E-state index contributed by atoms with van der Waals surface area (Å²) in [6.07, 6.45) is 0.871. The summed E-state index contributed by atoms with van der Waals surface area (Å²) in [5, 5.41) is 12.0. The van der Waals surface area contributed by atoms with Gasteiger partial charge in [0.15, 0.2) is 5.84 Å². The smallest absolute Gasteiger partial charge is 0.236 e. The Morgan fingerprint density at radius 2 is 2.16 bits per heavy atom. The van der Waals surface area contributed by atoms with Crippen molar-refractivity contribution in [2.24, 2.45) is 16.3 Å². The van der Waals surface area contributed by atoms with Crippen molar-refractivity contribution in [2.75, 3.05) is 40.0 Å². The maximum atomic E-state index is 12.7. The number of amidine groups is 1. The van der Waals surface area contributed by atoms with Crippen molar-refractivity contribution >= 4 is 11.7 Å². The van der Waals surface area contributed by atoms with Gasteiger partial charge in [0.1, 0.15) is 5.41 Å². The number of nitrogens with zero attached hydrogens (tertiary/aromatic N) is 2. The van der Waals surface area contributed by atoms with Crippen molar-refractivity contribution in [2.45, 2.75) is 19.8 Å². The fourth-order valence-corrected chi connectivity index (χ4v) is 2.30. The molecule has 1 saturated heterocycles. The minimum absolute atomic E-state index is 0.0309. The van der Waals surface area contributed by atoms with E-state index in [0.717, 1.165) is 0 Å². The number of ether oxygens (including phenoxy) is 2. The molecular weight excluding hydrogens is 250 g/mol. The lowest BCUT2D eigenvalue weighted by Crippen LogP contribution is -2.54. The molecule has 1 aliphatic rings. The summed E-state index contributed by atoms with van der Waals surface area (Å²) in [6.45, 7) is 4.28. The second-order valence-electron chi connectivity index (χ2n) is 4.56. The lowest BCUT2D eigenvalue weighted by Gasteiger charge is -2.38. The number of carbonyl (C=O) groups excluding carboxylic acids is 1. The highest BCUT2D eigenvalue weighted by Crippen LogP contribution is 2.33. The van der Waals surface area contributed by atoms with Crippen LogP contribution in [0.1, 0.15) is 19.8 Å². The number of nitrogens with two attached hydrogens (primary N) is 1. The molecule has 7 heteroatoms. The summed E-state index contributed by atoms with van der Waals surface area (Å²) >= 11 is 0. The Hall–Kier alpha value is -1.34. The zero-order valence-corrected chi connectivity index (χ0v) is 11.6. The first kappa shape index (κ1) is 15.7. The first-order valence-corrected chi connectivity index (χ1v) is 6.46. The molecule has 0 saturated carbocycles. The molecule has 1 aliphatic heterocycles. The third-order valence-electron chi connectivity index (χ3n) is 3.59. The Labute approximate surface area is 113 Å². The number of carbonyl (C=O) groups is 1. The molecule has 0 atom stereocenters. The molecule has 0 aromatic rings. The fourth-order valence-electron chi connectivity index (χ4n) is 2.30. The van der Waals surface area contributed by atoms with Crippen LogP contribution in [0.15, 0.2) is 5.16 Å². The van der Waals surface area contributed by atoms with Crippen molar-refractivity contribution in [3.05, 3.63) is 0 Å². The third kappa shape index (κ3) is 3.36. The highest BCUT2D eigenvalue weighted by molar-refractivity contribution is 6.06. The Kier molecular flexibility index (Phi) is 6.04. The molecule has 7 nitrogen and oxygen atoms in total. The lowest BCUT2D eigenvalue weighted by atomic mass is 9.77. The predicted octanol–water partition coefficient (Wildman–Crippen LogP) is 0.0245. The standard InChI is InChI=1S/C12H23N3O4/c1-3-15(6-9-18-2)11(16)12(10(13)14-17)4-7-19-8-5-12/h17H,3-9H2,1-2H3,(H2,13,14). The van der Waals surface area contributed by atoms with Crippen LogP contribution in [0, 0.1) is 5.41 Å². The molecule has 0 aromatic heterocycles. The number of amides is 1. The summed E-state index contributed by atoms with van der Waals surface area (Å²) in [5.74, 6) is -0.151. The molecule has 3 N–H and O–H groups in total. The quantitative estimate of drug-likeness (QED) is 0.308. The van der Waals surface area contributed by atoms with E-state index in [1.54, 1.807) is 12.0 Å². The van der Waals surface area contributed by atoms with Gasteiger partial charge in [0.2, 0.25) is 5.91 Å². The van der Waals surface area contributed by atoms with Gasteiger partial charge in [-0.2, -0.15) is 0 Å². The van der Waals surface area contributed by atoms with E-state index in [0.29, 0.717) is 45.8 Å². The van der Waals surface area contributed by atoms with Crippen molar-refractivity contribution in [3.63, 3.8) is 0 Å². The molecule has 1 rings (SSSR count). The number of oxime groups is 1. The molecule has 0 unspecified atom stereocenters. The fraction of sp³-hybridized carbons (Fsp3) is 0.833. The van der Waals surface area contributed by atoms with Gasteiger partial charge in [0.25, 0.3) is 0 Å². The van der Waals surface area contributed by atoms with Gasteiger partial charge in [-0.05, 0) is 19.8 Å². The van der Waals surface area contributed by atoms with E-state index in [1.807, 2.05) is 6.92 Å². The summed E-state index contributed by atoms with van der Waals surface area (Å²) in [5.41, 5.74) is 4.82. The molecule has 1 fully saturated rings. The maximum Gasteiger partial charge on any atom is 0.236 e. The first-order valence-electron chi connectivity index (χ1n) is 6.46. The highest BCUT2D eigenvalue weighted by Gasteiger charge is 2.46. The highest BCUT2D eigenvalue weighted by atomic mass is 16.5. The number of rotatable bonds is 6. The molecule has 0 bridgehead atoms. The van der Waals surface area contributed by atoms with Gasteiger partial charge in [0, 0.05) is 33.4 Å². The van der Waals surface area contributed by atoms with E-state index in [9.17, 15) is 4.79 Å². The van der Waals surface area contributed by atoms with E-state index >= 15 is 0 Å². The minimum atomic E-state index is -0.948. The number of methoxy groups -OCH3 is 1. The van der Waals surface area contributed by atoms with Crippen molar-refractivity contribution in [3.8, 4) is 0 Å². The number of hydrogen-bond donors (Lipinski definition) is 2. The Balaban J connectivity index is 2.93. The zero-order valence-electron chi connectivity index (χ0n) is 11.6. The zero-order chi connectivity index (χ0) is 14.3. The largest absolute Gasteiger partial charge is 0.409 e. The van der Waals surface area contributed by atoms with E-state index < -0.39 is 5.41 Å². The maximum absolute atomic E-state index is 12.7. The average Bonchev–Trinajstić information content (AvgIpc) is 2.47. The van der Waals surface area contributed by atoms with Gasteiger partial charge in [-0.15, -0.1) is 0 Å². The van der Waals surface area contributed by atoms with Crippen LogP contribution in [0.2, 0.25) is 0 Å². The predicted molar refractivity (Wildman–Crippen MR) is 70.0 cm³/mol. The summed E-state index contributed by atoms with van der Waals surface area (Å²) in [4.78, 5) is 14.4. The molecule has 1 amide bonds. The van der Waals surface area contributed by atoms with Gasteiger partial charge in [-0.3, -0.25) is 4.79 Å². The second-order valence-corrected chi connectivity index (χ2v) is 4.56. The molecule has 0 spiro atoms. The Morgan fingerprint density at radius 1 is 1.53 bits per heavy atom. The number of hydrogen-bond acceptors (Lipinski definition) is 5. The second kappa shape index (κ2) is 7.30. The van der Waals surface area contributed by atoms with Gasteiger partial charge in [-0.1, -0.05) is 5.16 Å². The van der Waals surface area contributed by atoms with Crippen LogP contribution in [0.5, 0.6) is 0 Å². The molecule has 0 aliphatic carbocycles. The lowest BCUT2D eigenvalue weighted by molar-refractivity contribution is -0.143. The Morgan fingerprint density at radius 3 is 2.63 bits per heavy atom. The molecule has 1 heterocycles. The topological polar surface area (TPSA) is 97.4 Å². The van der Waals surface area contributed by atoms with Gasteiger partial charge in [-0.25, -0.2) is 0 Å².